The average molecular weight is 250 g/mol. The molecule has 1 saturated heterocycles. The molecule has 0 saturated carbocycles. The molecule has 0 spiro atoms. The average Bonchev–Trinajstić information content (AvgIpc) is 2.87. The van der Waals surface area contributed by atoms with Crippen LogP contribution in [0.1, 0.15) is 38.7 Å². The molecule has 18 heavy (non-hydrogen) atoms. The maximum absolute atomic E-state index is 5.83. The molecular weight excluding hydrogens is 228 g/mol. The van der Waals surface area contributed by atoms with Crippen LogP contribution in [0.5, 0.6) is 5.75 Å². The Morgan fingerprint density at radius 2 is 1.72 bits per heavy atom. The molecule has 0 amide bonds. The van der Waals surface area contributed by atoms with Crippen LogP contribution in [-0.2, 0) is 15.3 Å². The van der Waals surface area contributed by atoms with Crippen LogP contribution in [0.2, 0.25) is 0 Å². The Kier molecular flexibility index (Phi) is 4.61. The summed E-state index contributed by atoms with van der Waals surface area (Å²) in [7, 11) is 0. The quantitative estimate of drug-likeness (QED) is 0.773. The van der Waals surface area contributed by atoms with E-state index in [0.29, 0.717) is 13.2 Å². The number of benzene rings is 1. The van der Waals surface area contributed by atoms with Crippen LogP contribution in [0.3, 0.4) is 0 Å². The van der Waals surface area contributed by atoms with Gasteiger partial charge >= 0.3 is 0 Å². The van der Waals surface area contributed by atoms with Crippen LogP contribution < -0.4 is 4.74 Å². The number of hydrogen-bond donors (Lipinski definition) is 0. The molecule has 3 nitrogen and oxygen atoms in total. The largest absolute Gasteiger partial charge is 0.494 e. The van der Waals surface area contributed by atoms with Gasteiger partial charge in [-0.2, -0.15) is 0 Å². The van der Waals surface area contributed by atoms with Gasteiger partial charge in [0.25, 0.3) is 0 Å². The van der Waals surface area contributed by atoms with E-state index in [1.54, 1.807) is 0 Å². The summed E-state index contributed by atoms with van der Waals surface area (Å²) in [6.07, 6.45) is 2.95. The molecule has 1 heterocycles. The third-order valence-corrected chi connectivity index (χ3v) is 3.10. The highest BCUT2D eigenvalue weighted by Gasteiger charge is 2.37. The molecule has 1 aliphatic heterocycles. The lowest BCUT2D eigenvalue weighted by Gasteiger charge is -2.27. The molecule has 1 aromatic carbocycles. The molecule has 0 aliphatic carbocycles. The third-order valence-electron chi connectivity index (χ3n) is 3.10. The summed E-state index contributed by atoms with van der Waals surface area (Å²) in [6.45, 7) is 6.35. The van der Waals surface area contributed by atoms with Gasteiger partial charge in [0.1, 0.15) is 5.75 Å². The van der Waals surface area contributed by atoms with Crippen molar-refractivity contribution in [3.05, 3.63) is 29.8 Å². The summed E-state index contributed by atoms with van der Waals surface area (Å²) in [5.74, 6) is 0.378. The highest BCUT2D eigenvalue weighted by atomic mass is 16.7. The zero-order valence-electron chi connectivity index (χ0n) is 11.3. The molecular formula is C15H22O3. The molecule has 2 rings (SSSR count). The predicted octanol–water partition coefficient (Wildman–Crippen LogP) is 3.48. The van der Waals surface area contributed by atoms with Gasteiger partial charge in [-0.3, -0.25) is 0 Å². The molecule has 1 fully saturated rings. The van der Waals surface area contributed by atoms with Crippen molar-refractivity contribution in [2.45, 2.75) is 38.9 Å². The van der Waals surface area contributed by atoms with Crippen molar-refractivity contribution in [3.8, 4) is 5.75 Å². The Morgan fingerprint density at radius 1 is 1.06 bits per heavy atom. The summed E-state index contributed by atoms with van der Waals surface area (Å²) in [5, 5.41) is 0. The predicted molar refractivity (Wildman–Crippen MR) is 70.7 cm³/mol. The lowest BCUT2D eigenvalue weighted by atomic mass is 10.0. The zero-order valence-corrected chi connectivity index (χ0v) is 11.3. The van der Waals surface area contributed by atoms with Crippen molar-refractivity contribution < 1.29 is 14.2 Å². The first kappa shape index (κ1) is 13.4. The molecule has 1 aliphatic rings. The van der Waals surface area contributed by atoms with E-state index in [9.17, 15) is 0 Å². The smallest absolute Gasteiger partial charge is 0.194 e. The molecule has 0 N–H and O–H groups in total. The standard InChI is InChI=1S/C15H22O3/c1-3-9-15(17-11-12-18-15)13-5-7-14(8-6-13)16-10-4-2/h5-8H,3-4,9-12H2,1-2H3. The fourth-order valence-corrected chi connectivity index (χ4v) is 2.26. The van der Waals surface area contributed by atoms with E-state index in [0.717, 1.165) is 37.2 Å². The van der Waals surface area contributed by atoms with Crippen LogP contribution in [0.15, 0.2) is 24.3 Å². The van der Waals surface area contributed by atoms with Gasteiger partial charge in [-0.05, 0) is 30.7 Å². The maximum Gasteiger partial charge on any atom is 0.194 e. The van der Waals surface area contributed by atoms with E-state index in [4.69, 9.17) is 14.2 Å². The van der Waals surface area contributed by atoms with Gasteiger partial charge in [0.2, 0.25) is 0 Å². The van der Waals surface area contributed by atoms with Gasteiger partial charge in [-0.25, -0.2) is 0 Å². The molecule has 100 valence electrons. The first-order valence-electron chi connectivity index (χ1n) is 6.82. The van der Waals surface area contributed by atoms with E-state index in [-0.39, 0.29) is 0 Å². The van der Waals surface area contributed by atoms with Crippen LogP contribution in [-0.4, -0.2) is 19.8 Å². The third kappa shape index (κ3) is 2.85. The van der Waals surface area contributed by atoms with Crippen molar-refractivity contribution in [2.75, 3.05) is 19.8 Å². The summed E-state index contributed by atoms with van der Waals surface area (Å²) < 4.78 is 17.2. The van der Waals surface area contributed by atoms with Crippen LogP contribution in [0, 0.1) is 0 Å². The Bertz CT molecular complexity index is 353. The fraction of sp³-hybridized carbons (Fsp3) is 0.600. The minimum atomic E-state index is -0.530. The van der Waals surface area contributed by atoms with Gasteiger partial charge in [0, 0.05) is 12.0 Å². The van der Waals surface area contributed by atoms with Crippen LogP contribution in [0.25, 0.3) is 0 Å². The number of hydrogen-bond acceptors (Lipinski definition) is 3. The van der Waals surface area contributed by atoms with E-state index in [1.165, 1.54) is 0 Å². The Labute approximate surface area is 109 Å². The molecule has 0 atom stereocenters. The number of ether oxygens (including phenoxy) is 3. The summed E-state index contributed by atoms with van der Waals surface area (Å²) in [4.78, 5) is 0. The molecule has 0 radical (unpaired) electrons. The van der Waals surface area contributed by atoms with Gasteiger partial charge in [0.05, 0.1) is 19.8 Å². The SMILES string of the molecule is CCCOc1ccc(C2(CCC)OCCO2)cc1. The minimum Gasteiger partial charge on any atom is -0.494 e. The molecule has 0 bridgehead atoms. The minimum absolute atomic E-state index is 0.530. The molecule has 3 heteroatoms. The summed E-state index contributed by atoms with van der Waals surface area (Å²) in [6, 6.07) is 8.08. The Morgan fingerprint density at radius 3 is 2.28 bits per heavy atom. The molecule has 0 aromatic heterocycles. The van der Waals surface area contributed by atoms with Gasteiger partial charge < -0.3 is 14.2 Å². The summed E-state index contributed by atoms with van der Waals surface area (Å²) in [5.41, 5.74) is 1.09. The van der Waals surface area contributed by atoms with Crippen molar-refractivity contribution in [1.29, 1.82) is 0 Å². The molecule has 1 aromatic rings. The second kappa shape index (κ2) is 6.21. The monoisotopic (exact) mass is 250 g/mol. The second-order valence-electron chi connectivity index (χ2n) is 4.57. The van der Waals surface area contributed by atoms with E-state index in [1.807, 2.05) is 24.3 Å². The Hall–Kier alpha value is -1.06. The topological polar surface area (TPSA) is 27.7 Å². The first-order valence-corrected chi connectivity index (χ1v) is 6.82. The summed E-state index contributed by atoms with van der Waals surface area (Å²) >= 11 is 0. The van der Waals surface area contributed by atoms with Crippen LogP contribution >= 0.6 is 0 Å². The normalized spacial score (nSPS) is 17.9. The van der Waals surface area contributed by atoms with E-state index >= 15 is 0 Å². The number of rotatable bonds is 6. The maximum atomic E-state index is 5.83. The van der Waals surface area contributed by atoms with Crippen molar-refractivity contribution >= 4 is 0 Å². The van der Waals surface area contributed by atoms with Crippen molar-refractivity contribution in [2.24, 2.45) is 0 Å². The van der Waals surface area contributed by atoms with E-state index in [2.05, 4.69) is 13.8 Å². The lowest BCUT2D eigenvalue weighted by molar-refractivity contribution is -0.170. The van der Waals surface area contributed by atoms with Crippen LogP contribution in [0.4, 0.5) is 0 Å². The van der Waals surface area contributed by atoms with Gasteiger partial charge in [-0.15, -0.1) is 0 Å². The first-order chi connectivity index (χ1) is 8.80. The van der Waals surface area contributed by atoms with Crippen molar-refractivity contribution in [3.63, 3.8) is 0 Å². The Balaban J connectivity index is 2.11. The van der Waals surface area contributed by atoms with Gasteiger partial charge in [-0.1, -0.05) is 20.3 Å². The van der Waals surface area contributed by atoms with Crippen molar-refractivity contribution in [1.82, 2.24) is 0 Å². The second-order valence-corrected chi connectivity index (χ2v) is 4.57. The fourth-order valence-electron chi connectivity index (χ4n) is 2.26. The van der Waals surface area contributed by atoms with E-state index < -0.39 is 5.79 Å². The highest BCUT2D eigenvalue weighted by molar-refractivity contribution is 5.30. The highest BCUT2D eigenvalue weighted by Crippen LogP contribution is 2.36. The lowest BCUT2D eigenvalue weighted by Crippen LogP contribution is -2.26. The molecule has 0 unspecified atom stereocenters. The zero-order chi connectivity index (χ0) is 12.8. The van der Waals surface area contributed by atoms with Gasteiger partial charge in [0.15, 0.2) is 5.79 Å².